The second kappa shape index (κ2) is 9.03. The molecular formula is C20H30N2O4. The molecule has 1 aromatic carbocycles. The summed E-state index contributed by atoms with van der Waals surface area (Å²) in [4.78, 5) is 23.6. The molecule has 144 valence electrons. The molecular weight excluding hydrogens is 332 g/mol. The van der Waals surface area contributed by atoms with Gasteiger partial charge in [0.15, 0.2) is 6.23 Å². The van der Waals surface area contributed by atoms with E-state index < -0.39 is 30.2 Å². The van der Waals surface area contributed by atoms with Gasteiger partial charge in [0.05, 0.1) is 0 Å². The van der Waals surface area contributed by atoms with E-state index in [2.05, 4.69) is 5.32 Å². The first-order chi connectivity index (χ1) is 12.2. The predicted molar refractivity (Wildman–Crippen MR) is 100 cm³/mol. The Labute approximate surface area is 155 Å². The maximum absolute atomic E-state index is 11.9. The maximum Gasteiger partial charge on any atom is 0.318 e. The van der Waals surface area contributed by atoms with Crippen LogP contribution in [0.5, 0.6) is 0 Å². The Kier molecular flexibility index (Phi) is 7.03. The molecule has 0 aliphatic heterocycles. The molecule has 1 saturated carbocycles. The Morgan fingerprint density at radius 1 is 1.19 bits per heavy atom. The van der Waals surface area contributed by atoms with Crippen molar-refractivity contribution in [1.29, 1.82) is 0 Å². The van der Waals surface area contributed by atoms with Gasteiger partial charge < -0.3 is 14.8 Å². The minimum Gasteiger partial charge on any atom is -0.460 e. The van der Waals surface area contributed by atoms with Crippen LogP contribution < -0.4 is 11.1 Å². The van der Waals surface area contributed by atoms with Crippen LogP contribution in [0.4, 0.5) is 5.69 Å². The molecule has 0 heterocycles. The fourth-order valence-electron chi connectivity index (χ4n) is 3.03. The maximum atomic E-state index is 11.9. The van der Waals surface area contributed by atoms with E-state index >= 15 is 0 Å². The molecule has 1 aliphatic carbocycles. The summed E-state index contributed by atoms with van der Waals surface area (Å²) in [6.07, 6.45) is 4.76. The summed E-state index contributed by atoms with van der Waals surface area (Å²) in [6.45, 7) is 5.23. The fourth-order valence-corrected chi connectivity index (χ4v) is 3.03. The first kappa shape index (κ1) is 20.2. The molecule has 1 aromatic rings. The summed E-state index contributed by atoms with van der Waals surface area (Å²) in [5.41, 5.74) is 6.99. The van der Waals surface area contributed by atoms with Crippen LogP contribution in [-0.4, -0.2) is 23.6 Å². The van der Waals surface area contributed by atoms with Gasteiger partial charge >= 0.3 is 11.9 Å². The number of ether oxygens (including phenoxy) is 2. The third-order valence-electron chi connectivity index (χ3n) is 4.16. The minimum absolute atomic E-state index is 0.453. The highest BCUT2D eigenvalue weighted by Crippen LogP contribution is 2.23. The van der Waals surface area contributed by atoms with Crippen LogP contribution in [0.2, 0.25) is 0 Å². The number of anilines is 1. The summed E-state index contributed by atoms with van der Waals surface area (Å²) in [5, 5.41) is 3.52. The number of carbonyl (C=O) groups is 2. The van der Waals surface area contributed by atoms with E-state index in [4.69, 9.17) is 15.2 Å². The fraction of sp³-hybridized carbons (Fsp3) is 0.600. The van der Waals surface area contributed by atoms with Crippen LogP contribution in [0.3, 0.4) is 0 Å². The highest BCUT2D eigenvalue weighted by Gasteiger charge is 2.21. The van der Waals surface area contributed by atoms with E-state index in [1.54, 1.807) is 26.8 Å². The van der Waals surface area contributed by atoms with Crippen molar-refractivity contribution in [2.24, 2.45) is 5.73 Å². The molecule has 0 saturated heterocycles. The molecule has 0 amide bonds. The van der Waals surface area contributed by atoms with Crippen molar-refractivity contribution in [1.82, 2.24) is 0 Å². The third-order valence-corrected chi connectivity index (χ3v) is 4.16. The Balaban J connectivity index is 1.88. The van der Waals surface area contributed by atoms with Crippen LogP contribution in [0, 0.1) is 0 Å². The van der Waals surface area contributed by atoms with Gasteiger partial charge in [0, 0.05) is 17.3 Å². The van der Waals surface area contributed by atoms with Crippen LogP contribution in [0.15, 0.2) is 24.3 Å². The number of benzene rings is 1. The van der Waals surface area contributed by atoms with Crippen molar-refractivity contribution >= 4 is 17.6 Å². The molecule has 6 heteroatoms. The molecule has 1 fully saturated rings. The average molecular weight is 362 g/mol. The number of nitrogens with two attached hydrogens (primary N) is 1. The predicted octanol–water partition coefficient (Wildman–Crippen LogP) is 3.66. The molecule has 0 radical (unpaired) electrons. The van der Waals surface area contributed by atoms with Crippen molar-refractivity contribution in [3.8, 4) is 0 Å². The van der Waals surface area contributed by atoms with Crippen molar-refractivity contribution in [3.05, 3.63) is 29.8 Å². The van der Waals surface area contributed by atoms with Gasteiger partial charge in [-0.15, -0.1) is 0 Å². The zero-order valence-corrected chi connectivity index (χ0v) is 15.9. The Hall–Kier alpha value is -2.08. The summed E-state index contributed by atoms with van der Waals surface area (Å²) < 4.78 is 10.3. The number of esters is 2. The number of rotatable bonds is 6. The Bertz CT molecular complexity index is 618. The summed E-state index contributed by atoms with van der Waals surface area (Å²) in [7, 11) is 0. The molecule has 1 atom stereocenters. The number of hydrogen-bond acceptors (Lipinski definition) is 6. The van der Waals surface area contributed by atoms with E-state index in [1.165, 1.54) is 32.1 Å². The Morgan fingerprint density at radius 2 is 1.88 bits per heavy atom. The van der Waals surface area contributed by atoms with E-state index in [1.807, 2.05) is 18.2 Å². The third kappa shape index (κ3) is 7.04. The highest BCUT2D eigenvalue weighted by atomic mass is 16.6. The number of hydrogen-bond donors (Lipinski definition) is 2. The summed E-state index contributed by atoms with van der Waals surface area (Å²) in [5.74, 6) is -1.32. The standard InChI is InChI=1S/C20H30N2O4/c1-20(2,3)26-18(24)13-17(23)25-19(21)14-8-7-11-16(12-14)22-15-9-5-4-6-10-15/h7-8,11-12,15,19,22H,4-6,9-10,13,21H2,1-3H3. The second-order valence-corrected chi connectivity index (χ2v) is 7.78. The molecule has 26 heavy (non-hydrogen) atoms. The van der Waals surface area contributed by atoms with E-state index in [9.17, 15) is 9.59 Å². The lowest BCUT2D eigenvalue weighted by molar-refractivity contribution is -0.163. The Morgan fingerprint density at radius 3 is 2.54 bits per heavy atom. The van der Waals surface area contributed by atoms with Gasteiger partial charge in [-0.3, -0.25) is 15.3 Å². The normalized spacial score (nSPS) is 16.6. The van der Waals surface area contributed by atoms with E-state index in [0.29, 0.717) is 11.6 Å². The van der Waals surface area contributed by atoms with Crippen molar-refractivity contribution in [2.45, 2.75) is 77.2 Å². The van der Waals surface area contributed by atoms with E-state index in [0.717, 1.165) is 5.69 Å². The molecule has 3 N–H and O–H groups in total. The van der Waals surface area contributed by atoms with Gasteiger partial charge in [0.25, 0.3) is 0 Å². The highest BCUT2D eigenvalue weighted by molar-refractivity contribution is 5.91. The van der Waals surface area contributed by atoms with Crippen LogP contribution >= 0.6 is 0 Å². The van der Waals surface area contributed by atoms with Crippen molar-refractivity contribution in [3.63, 3.8) is 0 Å². The lowest BCUT2D eigenvalue weighted by Crippen LogP contribution is -2.27. The zero-order chi connectivity index (χ0) is 19.2. The smallest absolute Gasteiger partial charge is 0.318 e. The lowest BCUT2D eigenvalue weighted by Gasteiger charge is -2.24. The zero-order valence-electron chi connectivity index (χ0n) is 15.9. The molecule has 1 aliphatic rings. The van der Waals surface area contributed by atoms with Crippen LogP contribution in [0.25, 0.3) is 0 Å². The van der Waals surface area contributed by atoms with Crippen LogP contribution in [0.1, 0.15) is 71.1 Å². The first-order valence-corrected chi connectivity index (χ1v) is 9.26. The van der Waals surface area contributed by atoms with Gasteiger partial charge in [-0.1, -0.05) is 31.4 Å². The number of nitrogens with one attached hydrogen (secondary N) is 1. The topological polar surface area (TPSA) is 90.7 Å². The lowest BCUT2D eigenvalue weighted by atomic mass is 9.95. The minimum atomic E-state index is -0.918. The quantitative estimate of drug-likeness (QED) is 0.456. The molecule has 1 unspecified atom stereocenters. The molecule has 0 aromatic heterocycles. The molecule has 2 rings (SSSR count). The van der Waals surface area contributed by atoms with Gasteiger partial charge in [-0.25, -0.2) is 0 Å². The largest absolute Gasteiger partial charge is 0.460 e. The first-order valence-electron chi connectivity index (χ1n) is 9.26. The molecule has 0 spiro atoms. The van der Waals surface area contributed by atoms with Gasteiger partial charge in [-0.2, -0.15) is 0 Å². The van der Waals surface area contributed by atoms with Gasteiger partial charge in [0.2, 0.25) is 0 Å². The SMILES string of the molecule is CC(C)(C)OC(=O)CC(=O)OC(N)c1cccc(NC2CCCCC2)c1. The van der Waals surface area contributed by atoms with Crippen molar-refractivity contribution in [2.75, 3.05) is 5.32 Å². The van der Waals surface area contributed by atoms with Gasteiger partial charge in [-0.05, 0) is 45.7 Å². The van der Waals surface area contributed by atoms with Crippen LogP contribution in [-0.2, 0) is 19.1 Å². The average Bonchev–Trinajstić information content (AvgIpc) is 2.54. The monoisotopic (exact) mass is 362 g/mol. The summed E-state index contributed by atoms with van der Waals surface area (Å²) in [6, 6.07) is 8.03. The molecule has 0 bridgehead atoms. The van der Waals surface area contributed by atoms with Gasteiger partial charge in [0.1, 0.15) is 12.0 Å². The molecule has 6 nitrogen and oxygen atoms in total. The van der Waals surface area contributed by atoms with E-state index in [-0.39, 0.29) is 0 Å². The second-order valence-electron chi connectivity index (χ2n) is 7.78. The summed E-state index contributed by atoms with van der Waals surface area (Å²) >= 11 is 0. The number of carbonyl (C=O) groups excluding carboxylic acids is 2. The van der Waals surface area contributed by atoms with Crippen molar-refractivity contribution < 1.29 is 19.1 Å².